The van der Waals surface area contributed by atoms with Crippen LogP contribution in [0.15, 0.2) is 18.3 Å². The molecule has 1 unspecified atom stereocenters. The number of hydrogen-bond donors (Lipinski definition) is 1. The summed E-state index contributed by atoms with van der Waals surface area (Å²) >= 11 is 0. The molecule has 1 aromatic rings. The molecular weight excluding hydrogens is 439 g/mol. The summed E-state index contributed by atoms with van der Waals surface area (Å²) in [6, 6.07) is 3.81. The molecule has 0 bridgehead atoms. The van der Waals surface area contributed by atoms with Crippen molar-refractivity contribution in [3.05, 3.63) is 29.6 Å². The predicted octanol–water partition coefficient (Wildman–Crippen LogP) is 3.23. The lowest BCUT2D eigenvalue weighted by molar-refractivity contribution is -0.192. The molecule has 1 spiro atoms. The van der Waals surface area contributed by atoms with Gasteiger partial charge in [0, 0.05) is 44.9 Å². The van der Waals surface area contributed by atoms with Gasteiger partial charge in [0.15, 0.2) is 0 Å². The number of amides is 1. The number of ether oxygens (including phenoxy) is 1. The SMILES string of the molecule is Cc1ccc(C(=O)N2CCC3(CC2)CN(C)CC3COCC2CC2)nc1.O=C(O)C(F)(F)F. The molecule has 3 fully saturated rings. The molecule has 1 aromatic heterocycles. The number of likely N-dealkylation sites (tertiary alicyclic amines) is 2. The van der Waals surface area contributed by atoms with Crippen molar-refractivity contribution in [2.24, 2.45) is 17.3 Å². The quantitative estimate of drug-likeness (QED) is 0.710. The highest BCUT2D eigenvalue weighted by molar-refractivity contribution is 5.92. The zero-order chi connectivity index (χ0) is 24.2. The molecule has 1 aliphatic carbocycles. The Labute approximate surface area is 191 Å². The van der Waals surface area contributed by atoms with E-state index in [-0.39, 0.29) is 5.91 Å². The Kier molecular flexibility index (Phi) is 8.00. The Balaban J connectivity index is 0.000000383. The fourth-order valence-corrected chi connectivity index (χ4v) is 4.67. The summed E-state index contributed by atoms with van der Waals surface area (Å²) in [7, 11) is 2.22. The number of hydrogen-bond acceptors (Lipinski definition) is 5. The number of carboxylic acid groups (broad SMARTS) is 1. The number of aliphatic carboxylic acids is 1. The Morgan fingerprint density at radius 2 is 1.85 bits per heavy atom. The first-order chi connectivity index (χ1) is 15.5. The molecule has 2 saturated heterocycles. The highest BCUT2D eigenvalue weighted by Crippen LogP contribution is 2.44. The van der Waals surface area contributed by atoms with Crippen LogP contribution in [0.5, 0.6) is 0 Å². The highest BCUT2D eigenvalue weighted by atomic mass is 19.4. The molecule has 33 heavy (non-hydrogen) atoms. The van der Waals surface area contributed by atoms with E-state index in [1.807, 2.05) is 24.0 Å². The normalized spacial score (nSPS) is 22.7. The van der Waals surface area contributed by atoms with Crippen LogP contribution >= 0.6 is 0 Å². The summed E-state index contributed by atoms with van der Waals surface area (Å²) in [5, 5.41) is 7.12. The molecule has 4 rings (SSSR count). The van der Waals surface area contributed by atoms with Gasteiger partial charge >= 0.3 is 12.1 Å². The topological polar surface area (TPSA) is 83.0 Å². The van der Waals surface area contributed by atoms with E-state index in [1.54, 1.807) is 6.20 Å². The van der Waals surface area contributed by atoms with Gasteiger partial charge in [-0.1, -0.05) is 6.07 Å². The van der Waals surface area contributed by atoms with Crippen molar-refractivity contribution in [2.75, 3.05) is 46.4 Å². The van der Waals surface area contributed by atoms with Gasteiger partial charge in [0.05, 0.1) is 6.61 Å². The first kappa shape index (κ1) is 25.4. The number of rotatable bonds is 5. The minimum Gasteiger partial charge on any atom is -0.475 e. The number of halogens is 3. The van der Waals surface area contributed by atoms with Crippen molar-refractivity contribution in [3.8, 4) is 0 Å². The van der Waals surface area contributed by atoms with Crippen LogP contribution in [-0.4, -0.2) is 84.4 Å². The first-order valence-electron chi connectivity index (χ1n) is 11.3. The molecule has 7 nitrogen and oxygen atoms in total. The summed E-state index contributed by atoms with van der Waals surface area (Å²) in [5.74, 6) is -1.26. The van der Waals surface area contributed by atoms with Gasteiger partial charge in [0.25, 0.3) is 5.91 Å². The Morgan fingerprint density at radius 1 is 1.21 bits per heavy atom. The van der Waals surface area contributed by atoms with Gasteiger partial charge in [-0.05, 0) is 62.6 Å². The largest absolute Gasteiger partial charge is 0.490 e. The lowest BCUT2D eigenvalue weighted by Gasteiger charge is -2.42. The Morgan fingerprint density at radius 3 is 2.36 bits per heavy atom. The summed E-state index contributed by atoms with van der Waals surface area (Å²) in [5.41, 5.74) is 1.97. The van der Waals surface area contributed by atoms with E-state index in [9.17, 15) is 18.0 Å². The maximum absolute atomic E-state index is 12.7. The highest BCUT2D eigenvalue weighted by Gasteiger charge is 2.47. The van der Waals surface area contributed by atoms with Gasteiger partial charge in [-0.3, -0.25) is 9.78 Å². The van der Waals surface area contributed by atoms with Gasteiger partial charge in [-0.2, -0.15) is 13.2 Å². The van der Waals surface area contributed by atoms with Gasteiger partial charge in [0.1, 0.15) is 5.69 Å². The van der Waals surface area contributed by atoms with Gasteiger partial charge in [-0.25, -0.2) is 4.79 Å². The zero-order valence-electron chi connectivity index (χ0n) is 19.1. The van der Waals surface area contributed by atoms with Crippen molar-refractivity contribution in [1.29, 1.82) is 0 Å². The van der Waals surface area contributed by atoms with E-state index in [0.717, 1.165) is 63.7 Å². The number of aryl methyl sites for hydroxylation is 1. The van der Waals surface area contributed by atoms with Crippen LogP contribution < -0.4 is 0 Å². The monoisotopic (exact) mass is 471 g/mol. The average molecular weight is 472 g/mol. The number of carbonyl (C=O) groups is 2. The summed E-state index contributed by atoms with van der Waals surface area (Å²) in [6.45, 7) is 7.75. The molecule has 2 aliphatic heterocycles. The van der Waals surface area contributed by atoms with Crippen LogP contribution in [0.4, 0.5) is 13.2 Å². The third kappa shape index (κ3) is 6.89. The predicted molar refractivity (Wildman–Crippen MR) is 115 cm³/mol. The fourth-order valence-electron chi connectivity index (χ4n) is 4.67. The standard InChI is InChI=1S/C21H31N3O2.C2HF3O2/c1-16-3-6-19(22-11-16)20(25)24-9-7-21(8-10-24)15-23(2)12-18(21)14-26-13-17-4-5-17;3-2(4,5)1(6)7/h3,6,11,17-18H,4-5,7-10,12-15H2,1-2H3;(H,6,7). The number of carbonyl (C=O) groups excluding carboxylic acids is 1. The van der Waals surface area contributed by atoms with Crippen LogP contribution in [-0.2, 0) is 9.53 Å². The van der Waals surface area contributed by atoms with E-state index in [0.29, 0.717) is 17.0 Å². The maximum Gasteiger partial charge on any atom is 0.490 e. The second kappa shape index (κ2) is 10.4. The zero-order valence-corrected chi connectivity index (χ0v) is 19.1. The first-order valence-corrected chi connectivity index (χ1v) is 11.3. The Bertz CT molecular complexity index is 819. The van der Waals surface area contributed by atoms with Crippen LogP contribution in [0.1, 0.15) is 41.7 Å². The Hall–Kier alpha value is -2.20. The minimum absolute atomic E-state index is 0.0766. The van der Waals surface area contributed by atoms with Crippen molar-refractivity contribution in [1.82, 2.24) is 14.8 Å². The van der Waals surface area contributed by atoms with Gasteiger partial charge < -0.3 is 19.6 Å². The second-order valence-electron chi connectivity index (χ2n) is 9.55. The third-order valence-corrected chi connectivity index (χ3v) is 6.77. The van der Waals surface area contributed by atoms with Crippen molar-refractivity contribution in [2.45, 2.75) is 38.8 Å². The smallest absolute Gasteiger partial charge is 0.475 e. The average Bonchev–Trinajstić information content (AvgIpc) is 3.52. The molecule has 1 saturated carbocycles. The molecule has 3 heterocycles. The number of piperidine rings is 1. The number of alkyl halides is 3. The number of carboxylic acids is 1. The third-order valence-electron chi connectivity index (χ3n) is 6.77. The van der Waals surface area contributed by atoms with E-state index in [4.69, 9.17) is 14.6 Å². The van der Waals surface area contributed by atoms with Crippen molar-refractivity contribution in [3.63, 3.8) is 0 Å². The molecular formula is C23H32F3N3O4. The lowest BCUT2D eigenvalue weighted by atomic mass is 9.71. The molecule has 0 radical (unpaired) electrons. The number of aromatic nitrogens is 1. The number of nitrogens with zero attached hydrogens (tertiary/aromatic N) is 3. The lowest BCUT2D eigenvalue weighted by Crippen LogP contribution is -2.47. The van der Waals surface area contributed by atoms with Crippen LogP contribution in [0.25, 0.3) is 0 Å². The maximum atomic E-state index is 12.7. The van der Waals surface area contributed by atoms with Gasteiger partial charge in [0.2, 0.25) is 0 Å². The minimum atomic E-state index is -5.08. The van der Waals surface area contributed by atoms with Crippen molar-refractivity contribution >= 4 is 11.9 Å². The summed E-state index contributed by atoms with van der Waals surface area (Å²) in [4.78, 5) is 30.4. The van der Waals surface area contributed by atoms with E-state index in [1.165, 1.54) is 12.8 Å². The summed E-state index contributed by atoms with van der Waals surface area (Å²) < 4.78 is 37.8. The second-order valence-corrected chi connectivity index (χ2v) is 9.55. The van der Waals surface area contributed by atoms with Gasteiger partial charge in [-0.15, -0.1) is 0 Å². The number of pyridine rings is 1. The van der Waals surface area contributed by atoms with E-state index in [2.05, 4.69) is 16.9 Å². The van der Waals surface area contributed by atoms with Crippen LogP contribution in [0, 0.1) is 24.2 Å². The molecule has 3 aliphatic rings. The molecule has 184 valence electrons. The molecule has 1 atom stereocenters. The molecule has 0 aromatic carbocycles. The van der Waals surface area contributed by atoms with Crippen molar-refractivity contribution < 1.29 is 32.6 Å². The molecule has 10 heteroatoms. The van der Waals surface area contributed by atoms with Crippen LogP contribution in [0.3, 0.4) is 0 Å². The van der Waals surface area contributed by atoms with Crippen LogP contribution in [0.2, 0.25) is 0 Å². The summed E-state index contributed by atoms with van der Waals surface area (Å²) in [6.07, 6.45) is 1.54. The fraction of sp³-hybridized carbons (Fsp3) is 0.696. The van der Waals surface area contributed by atoms with E-state index >= 15 is 0 Å². The van der Waals surface area contributed by atoms with E-state index < -0.39 is 12.1 Å². The molecule has 1 N–H and O–H groups in total. The molecule has 1 amide bonds.